The van der Waals surface area contributed by atoms with E-state index in [-0.39, 0.29) is 21.7 Å². The maximum atomic E-state index is 13.6. The molecule has 2 N–H and O–H groups in total. The lowest BCUT2D eigenvalue weighted by Gasteiger charge is -2.10. The highest BCUT2D eigenvalue weighted by molar-refractivity contribution is 9.10. The molecule has 0 aromatic heterocycles. The van der Waals surface area contributed by atoms with Crippen LogP contribution < -0.4 is 10.5 Å². The average Bonchev–Trinajstić information content (AvgIpc) is 2.25. The maximum Gasteiger partial charge on any atom is 0.177 e. The third-order valence-electron chi connectivity index (χ3n) is 2.13. The fraction of sp³-hybridized carbons (Fsp3) is 0. The molecule has 0 spiro atoms. The zero-order chi connectivity index (χ0) is 13.3. The summed E-state index contributed by atoms with van der Waals surface area (Å²) >= 11 is 3.05. The van der Waals surface area contributed by atoms with Crippen LogP contribution in [-0.2, 0) is 0 Å². The number of halogens is 4. The van der Waals surface area contributed by atoms with Gasteiger partial charge in [0, 0.05) is 17.8 Å². The number of nitrogen functional groups attached to an aromatic ring is 1. The summed E-state index contributed by atoms with van der Waals surface area (Å²) in [7, 11) is 0. The molecule has 0 aliphatic rings. The molecule has 0 fully saturated rings. The molecule has 0 saturated carbocycles. The second-order valence-electron chi connectivity index (χ2n) is 3.49. The first-order valence-corrected chi connectivity index (χ1v) is 5.64. The standard InChI is InChI=1S/C12H7BrF3NO/c13-8-4-7(17)5-10(16)12(8)18-11-2-1-6(14)3-9(11)15/h1-5H,17H2. The Bertz CT molecular complexity index is 581. The quantitative estimate of drug-likeness (QED) is 0.841. The summed E-state index contributed by atoms with van der Waals surface area (Å²) in [5.74, 6) is -2.89. The molecule has 0 atom stereocenters. The highest BCUT2D eigenvalue weighted by Crippen LogP contribution is 2.35. The van der Waals surface area contributed by atoms with Crippen LogP contribution >= 0.6 is 15.9 Å². The Balaban J connectivity index is 2.40. The smallest absolute Gasteiger partial charge is 0.177 e. The van der Waals surface area contributed by atoms with E-state index in [4.69, 9.17) is 10.5 Å². The summed E-state index contributed by atoms with van der Waals surface area (Å²) in [5.41, 5.74) is 5.62. The largest absolute Gasteiger partial charge is 0.450 e. The van der Waals surface area contributed by atoms with Crippen molar-refractivity contribution in [2.75, 3.05) is 5.73 Å². The zero-order valence-corrected chi connectivity index (χ0v) is 10.5. The van der Waals surface area contributed by atoms with Gasteiger partial charge in [-0.05, 0) is 34.1 Å². The molecule has 0 bridgehead atoms. The first-order chi connectivity index (χ1) is 8.47. The average molecular weight is 318 g/mol. The predicted molar refractivity (Wildman–Crippen MR) is 64.9 cm³/mol. The van der Waals surface area contributed by atoms with E-state index in [0.717, 1.165) is 18.2 Å². The van der Waals surface area contributed by atoms with E-state index < -0.39 is 17.5 Å². The van der Waals surface area contributed by atoms with Crippen molar-refractivity contribution in [1.29, 1.82) is 0 Å². The fourth-order valence-corrected chi connectivity index (χ4v) is 1.88. The van der Waals surface area contributed by atoms with Gasteiger partial charge in [0.2, 0.25) is 0 Å². The summed E-state index contributed by atoms with van der Waals surface area (Å²) in [6.07, 6.45) is 0. The Kier molecular flexibility index (Phi) is 3.47. The van der Waals surface area contributed by atoms with Crippen molar-refractivity contribution in [2.24, 2.45) is 0 Å². The van der Waals surface area contributed by atoms with E-state index in [2.05, 4.69) is 15.9 Å². The van der Waals surface area contributed by atoms with E-state index in [0.29, 0.717) is 6.07 Å². The van der Waals surface area contributed by atoms with Crippen LogP contribution in [0.1, 0.15) is 0 Å². The predicted octanol–water partition coefficient (Wildman–Crippen LogP) is 4.24. The minimum Gasteiger partial charge on any atom is -0.450 e. The molecule has 18 heavy (non-hydrogen) atoms. The van der Waals surface area contributed by atoms with Gasteiger partial charge >= 0.3 is 0 Å². The lowest BCUT2D eigenvalue weighted by molar-refractivity contribution is 0.409. The number of hydrogen-bond acceptors (Lipinski definition) is 2. The number of rotatable bonds is 2. The number of nitrogens with two attached hydrogens (primary N) is 1. The van der Waals surface area contributed by atoms with Gasteiger partial charge in [0.25, 0.3) is 0 Å². The third-order valence-corrected chi connectivity index (χ3v) is 2.72. The molecule has 0 heterocycles. The van der Waals surface area contributed by atoms with E-state index >= 15 is 0 Å². The number of ether oxygens (including phenoxy) is 1. The normalized spacial score (nSPS) is 10.4. The lowest BCUT2D eigenvalue weighted by Crippen LogP contribution is -1.95. The van der Waals surface area contributed by atoms with Crippen molar-refractivity contribution < 1.29 is 17.9 Å². The molecule has 0 radical (unpaired) electrons. The first kappa shape index (κ1) is 12.8. The van der Waals surface area contributed by atoms with Crippen LogP contribution in [0.15, 0.2) is 34.8 Å². The molecule has 2 nitrogen and oxygen atoms in total. The molecular formula is C12H7BrF3NO. The molecule has 0 unspecified atom stereocenters. The van der Waals surface area contributed by atoms with Gasteiger partial charge in [-0.15, -0.1) is 0 Å². The second-order valence-corrected chi connectivity index (χ2v) is 4.34. The lowest BCUT2D eigenvalue weighted by atomic mass is 10.3. The zero-order valence-electron chi connectivity index (χ0n) is 8.88. The van der Waals surface area contributed by atoms with E-state index in [1.165, 1.54) is 6.07 Å². The van der Waals surface area contributed by atoms with Crippen molar-refractivity contribution in [2.45, 2.75) is 0 Å². The van der Waals surface area contributed by atoms with Gasteiger partial charge in [0.05, 0.1) is 4.47 Å². The molecule has 0 amide bonds. The Hall–Kier alpha value is -1.69. The highest BCUT2D eigenvalue weighted by atomic mass is 79.9. The number of hydrogen-bond donors (Lipinski definition) is 1. The van der Waals surface area contributed by atoms with Crippen molar-refractivity contribution >= 4 is 21.6 Å². The molecule has 0 saturated heterocycles. The highest BCUT2D eigenvalue weighted by Gasteiger charge is 2.13. The summed E-state index contributed by atoms with van der Waals surface area (Å²) in [5, 5.41) is 0. The van der Waals surface area contributed by atoms with Crippen molar-refractivity contribution in [3.8, 4) is 11.5 Å². The van der Waals surface area contributed by atoms with Crippen molar-refractivity contribution in [1.82, 2.24) is 0 Å². The summed E-state index contributed by atoms with van der Waals surface area (Å²) in [6, 6.07) is 5.20. The Morgan fingerprint density at radius 1 is 1.00 bits per heavy atom. The Labute approximate surface area is 109 Å². The first-order valence-electron chi connectivity index (χ1n) is 4.85. The maximum absolute atomic E-state index is 13.6. The van der Waals surface area contributed by atoms with Crippen LogP contribution in [0.4, 0.5) is 18.9 Å². The van der Waals surface area contributed by atoms with E-state index in [1.54, 1.807) is 0 Å². The van der Waals surface area contributed by atoms with Crippen molar-refractivity contribution in [3.05, 3.63) is 52.3 Å². The van der Waals surface area contributed by atoms with Crippen LogP contribution in [0.2, 0.25) is 0 Å². The van der Waals surface area contributed by atoms with Gasteiger partial charge in [0.15, 0.2) is 23.1 Å². The van der Waals surface area contributed by atoms with Gasteiger partial charge < -0.3 is 10.5 Å². The van der Waals surface area contributed by atoms with Crippen LogP contribution in [-0.4, -0.2) is 0 Å². The number of anilines is 1. The summed E-state index contributed by atoms with van der Waals surface area (Å²) < 4.78 is 44.9. The Morgan fingerprint density at radius 2 is 1.72 bits per heavy atom. The minimum atomic E-state index is -0.918. The Morgan fingerprint density at radius 3 is 2.33 bits per heavy atom. The summed E-state index contributed by atoms with van der Waals surface area (Å²) in [4.78, 5) is 0. The molecule has 2 aromatic carbocycles. The van der Waals surface area contributed by atoms with Gasteiger partial charge in [-0.1, -0.05) is 0 Å². The second kappa shape index (κ2) is 4.89. The molecule has 6 heteroatoms. The monoisotopic (exact) mass is 317 g/mol. The molecule has 94 valence electrons. The van der Waals surface area contributed by atoms with Crippen LogP contribution in [0.5, 0.6) is 11.5 Å². The molecular weight excluding hydrogens is 311 g/mol. The van der Waals surface area contributed by atoms with Crippen molar-refractivity contribution in [3.63, 3.8) is 0 Å². The van der Waals surface area contributed by atoms with Crippen LogP contribution in [0.25, 0.3) is 0 Å². The van der Waals surface area contributed by atoms with Crippen LogP contribution in [0.3, 0.4) is 0 Å². The van der Waals surface area contributed by atoms with Gasteiger partial charge in [-0.25, -0.2) is 13.2 Å². The fourth-order valence-electron chi connectivity index (χ4n) is 1.34. The molecule has 2 rings (SSSR count). The van der Waals surface area contributed by atoms with E-state index in [1.807, 2.05) is 0 Å². The minimum absolute atomic E-state index is 0.200. The molecule has 2 aromatic rings. The van der Waals surface area contributed by atoms with E-state index in [9.17, 15) is 13.2 Å². The molecule has 0 aliphatic carbocycles. The third kappa shape index (κ3) is 2.59. The van der Waals surface area contributed by atoms with Gasteiger partial charge in [-0.2, -0.15) is 0 Å². The molecule has 0 aliphatic heterocycles. The topological polar surface area (TPSA) is 35.2 Å². The van der Waals surface area contributed by atoms with Crippen LogP contribution in [0, 0.1) is 17.5 Å². The SMILES string of the molecule is Nc1cc(F)c(Oc2ccc(F)cc2F)c(Br)c1. The van der Waals surface area contributed by atoms with Gasteiger partial charge in [0.1, 0.15) is 5.82 Å². The number of benzene rings is 2. The summed E-state index contributed by atoms with van der Waals surface area (Å²) in [6.45, 7) is 0. The van der Waals surface area contributed by atoms with Gasteiger partial charge in [-0.3, -0.25) is 0 Å².